The zero-order valence-corrected chi connectivity index (χ0v) is 11.6. The first kappa shape index (κ1) is 12.3. The topological polar surface area (TPSA) is 39.2 Å². The number of hydrogen-bond donors (Lipinski definition) is 0. The number of fused-ring (bicyclic) bond motifs is 1. The Bertz CT molecular complexity index is 613. The number of aromatic nitrogens is 1. The lowest BCUT2D eigenvalue weighted by Crippen LogP contribution is -2.03. The molecule has 17 heavy (non-hydrogen) atoms. The third-order valence-corrected chi connectivity index (χ3v) is 3.75. The lowest BCUT2D eigenvalue weighted by molar-refractivity contribution is 0.0599. The molecular weight excluding hydrogens is 305 g/mol. The van der Waals surface area contributed by atoms with Gasteiger partial charge in [-0.05, 0) is 40.5 Å². The number of hydrogen-bond acceptors (Lipinski definition) is 3. The van der Waals surface area contributed by atoms with E-state index in [4.69, 9.17) is 11.6 Å². The van der Waals surface area contributed by atoms with Crippen LogP contribution in [0.25, 0.3) is 10.9 Å². The van der Waals surface area contributed by atoms with Gasteiger partial charge in [0, 0.05) is 21.1 Å². The number of pyridine rings is 1. The van der Waals surface area contributed by atoms with E-state index in [9.17, 15) is 4.79 Å². The van der Waals surface area contributed by atoms with Crippen molar-refractivity contribution in [3.8, 4) is 0 Å². The Balaban J connectivity index is 2.75. The molecule has 2 rings (SSSR count). The monoisotopic (exact) mass is 313 g/mol. The molecule has 0 spiro atoms. The second kappa shape index (κ2) is 4.63. The quantitative estimate of drug-likeness (QED) is 0.753. The standard InChI is InChI=1S/C12H9BrClNO2/c1-6-3-7-10(4-9(6)14)15-5-8(11(7)13)12(16)17-2/h3-5H,1-2H3. The Labute approximate surface area is 112 Å². The number of benzene rings is 1. The minimum absolute atomic E-state index is 0.404. The smallest absolute Gasteiger partial charge is 0.340 e. The molecule has 2 aromatic rings. The minimum atomic E-state index is -0.418. The van der Waals surface area contributed by atoms with E-state index < -0.39 is 5.97 Å². The van der Waals surface area contributed by atoms with E-state index in [1.807, 2.05) is 13.0 Å². The predicted molar refractivity (Wildman–Crippen MR) is 70.5 cm³/mol. The predicted octanol–water partition coefficient (Wildman–Crippen LogP) is 3.75. The molecule has 0 fully saturated rings. The number of aryl methyl sites for hydroxylation is 1. The number of halogens is 2. The van der Waals surface area contributed by atoms with E-state index in [0.29, 0.717) is 15.1 Å². The van der Waals surface area contributed by atoms with Crippen LogP contribution in [0.3, 0.4) is 0 Å². The molecule has 0 N–H and O–H groups in total. The fourth-order valence-electron chi connectivity index (χ4n) is 1.54. The summed E-state index contributed by atoms with van der Waals surface area (Å²) >= 11 is 9.42. The largest absolute Gasteiger partial charge is 0.465 e. The molecule has 5 heteroatoms. The van der Waals surface area contributed by atoms with Gasteiger partial charge in [-0.3, -0.25) is 4.98 Å². The summed E-state index contributed by atoms with van der Waals surface area (Å²) in [4.78, 5) is 15.7. The summed E-state index contributed by atoms with van der Waals surface area (Å²) in [6, 6.07) is 3.67. The van der Waals surface area contributed by atoms with E-state index in [2.05, 4.69) is 25.7 Å². The molecule has 0 aliphatic heterocycles. The van der Waals surface area contributed by atoms with Gasteiger partial charge in [0.25, 0.3) is 0 Å². The van der Waals surface area contributed by atoms with Gasteiger partial charge in [-0.1, -0.05) is 11.6 Å². The number of rotatable bonds is 1. The van der Waals surface area contributed by atoms with Gasteiger partial charge in [-0.25, -0.2) is 4.79 Å². The lowest BCUT2D eigenvalue weighted by Gasteiger charge is -2.07. The van der Waals surface area contributed by atoms with Crippen molar-refractivity contribution < 1.29 is 9.53 Å². The summed E-state index contributed by atoms with van der Waals surface area (Å²) in [6.45, 7) is 1.90. The number of carbonyl (C=O) groups is 1. The number of nitrogens with zero attached hydrogens (tertiary/aromatic N) is 1. The van der Waals surface area contributed by atoms with Crippen LogP contribution in [0.2, 0.25) is 5.02 Å². The van der Waals surface area contributed by atoms with Gasteiger partial charge in [0.15, 0.2) is 0 Å². The molecule has 0 aliphatic carbocycles. The van der Waals surface area contributed by atoms with E-state index in [1.165, 1.54) is 13.3 Å². The van der Waals surface area contributed by atoms with Crippen LogP contribution in [0.4, 0.5) is 0 Å². The highest BCUT2D eigenvalue weighted by molar-refractivity contribution is 9.10. The molecular formula is C12H9BrClNO2. The van der Waals surface area contributed by atoms with Crippen molar-refractivity contribution in [1.29, 1.82) is 0 Å². The summed E-state index contributed by atoms with van der Waals surface area (Å²) in [5.41, 5.74) is 2.07. The van der Waals surface area contributed by atoms with Crippen molar-refractivity contribution >= 4 is 44.4 Å². The Morgan fingerprint density at radius 3 is 2.82 bits per heavy atom. The number of carbonyl (C=O) groups excluding carboxylic acids is 1. The zero-order valence-electron chi connectivity index (χ0n) is 9.25. The fourth-order valence-corrected chi connectivity index (χ4v) is 2.28. The Hall–Kier alpha value is -1.13. The van der Waals surface area contributed by atoms with Gasteiger partial charge in [0.05, 0.1) is 18.2 Å². The van der Waals surface area contributed by atoms with Crippen molar-refractivity contribution in [2.45, 2.75) is 6.92 Å². The maximum absolute atomic E-state index is 11.5. The molecule has 1 aromatic carbocycles. The Morgan fingerprint density at radius 1 is 1.47 bits per heavy atom. The summed E-state index contributed by atoms with van der Waals surface area (Å²) < 4.78 is 5.36. The molecule has 88 valence electrons. The second-order valence-electron chi connectivity index (χ2n) is 3.60. The number of esters is 1. The minimum Gasteiger partial charge on any atom is -0.465 e. The van der Waals surface area contributed by atoms with Crippen molar-refractivity contribution in [1.82, 2.24) is 4.98 Å². The van der Waals surface area contributed by atoms with Crippen LogP contribution in [0.1, 0.15) is 15.9 Å². The van der Waals surface area contributed by atoms with Crippen molar-refractivity contribution in [3.05, 3.63) is 39.0 Å². The summed E-state index contributed by atoms with van der Waals surface area (Å²) in [6.07, 6.45) is 1.48. The third kappa shape index (κ3) is 2.15. The van der Waals surface area contributed by atoms with Crippen LogP contribution in [0, 0.1) is 6.92 Å². The van der Waals surface area contributed by atoms with Crippen molar-refractivity contribution in [2.24, 2.45) is 0 Å². The molecule has 1 heterocycles. The second-order valence-corrected chi connectivity index (χ2v) is 4.80. The highest BCUT2D eigenvalue weighted by Crippen LogP contribution is 2.30. The maximum Gasteiger partial charge on any atom is 0.340 e. The molecule has 0 unspecified atom stereocenters. The molecule has 0 atom stereocenters. The van der Waals surface area contributed by atoms with Gasteiger partial charge in [0.1, 0.15) is 0 Å². The van der Waals surface area contributed by atoms with Crippen LogP contribution in [-0.4, -0.2) is 18.1 Å². The van der Waals surface area contributed by atoms with Crippen LogP contribution >= 0.6 is 27.5 Å². The summed E-state index contributed by atoms with van der Waals surface area (Å²) in [5.74, 6) is -0.418. The van der Waals surface area contributed by atoms with E-state index in [1.54, 1.807) is 6.07 Å². The molecule has 0 radical (unpaired) electrons. The maximum atomic E-state index is 11.5. The average molecular weight is 315 g/mol. The summed E-state index contributed by atoms with van der Waals surface area (Å²) in [5, 5.41) is 1.50. The SMILES string of the molecule is COC(=O)c1cnc2cc(Cl)c(C)cc2c1Br. The van der Waals surface area contributed by atoms with Gasteiger partial charge in [0.2, 0.25) is 0 Å². The van der Waals surface area contributed by atoms with Gasteiger partial charge < -0.3 is 4.74 Å². The Morgan fingerprint density at radius 2 is 2.18 bits per heavy atom. The number of methoxy groups -OCH3 is 1. The van der Waals surface area contributed by atoms with Crippen molar-refractivity contribution in [3.63, 3.8) is 0 Å². The molecule has 3 nitrogen and oxygen atoms in total. The van der Waals surface area contributed by atoms with Crippen LogP contribution in [0.15, 0.2) is 22.8 Å². The van der Waals surface area contributed by atoms with E-state index in [-0.39, 0.29) is 0 Å². The van der Waals surface area contributed by atoms with E-state index >= 15 is 0 Å². The van der Waals surface area contributed by atoms with Gasteiger partial charge in [-0.15, -0.1) is 0 Å². The molecule has 0 saturated heterocycles. The van der Waals surface area contributed by atoms with Gasteiger partial charge in [-0.2, -0.15) is 0 Å². The molecule has 0 aliphatic rings. The van der Waals surface area contributed by atoms with Gasteiger partial charge >= 0.3 is 5.97 Å². The first-order valence-corrected chi connectivity index (χ1v) is 6.04. The molecule has 0 amide bonds. The fraction of sp³-hybridized carbons (Fsp3) is 0.167. The number of ether oxygens (including phenoxy) is 1. The highest BCUT2D eigenvalue weighted by Gasteiger charge is 2.14. The molecule has 1 aromatic heterocycles. The zero-order chi connectivity index (χ0) is 12.6. The molecule has 0 bridgehead atoms. The van der Waals surface area contributed by atoms with E-state index in [0.717, 1.165) is 16.5 Å². The van der Waals surface area contributed by atoms with Crippen LogP contribution < -0.4 is 0 Å². The van der Waals surface area contributed by atoms with Crippen molar-refractivity contribution in [2.75, 3.05) is 7.11 Å². The lowest BCUT2D eigenvalue weighted by atomic mass is 10.1. The first-order chi connectivity index (χ1) is 8.04. The van der Waals surface area contributed by atoms with Crippen LogP contribution in [-0.2, 0) is 4.74 Å². The Kier molecular flexibility index (Phi) is 3.35. The normalized spacial score (nSPS) is 10.6. The third-order valence-electron chi connectivity index (χ3n) is 2.49. The summed E-state index contributed by atoms with van der Waals surface area (Å²) in [7, 11) is 1.34. The molecule has 0 saturated carbocycles. The first-order valence-electron chi connectivity index (χ1n) is 4.87. The average Bonchev–Trinajstić information content (AvgIpc) is 2.31. The highest BCUT2D eigenvalue weighted by atomic mass is 79.9. The van der Waals surface area contributed by atoms with Crippen LogP contribution in [0.5, 0.6) is 0 Å².